The molecule has 0 aliphatic heterocycles. The summed E-state index contributed by atoms with van der Waals surface area (Å²) in [5, 5.41) is 0. The summed E-state index contributed by atoms with van der Waals surface area (Å²) in [5.41, 5.74) is 0. The number of Topliss-reactive ketones (excluding diaryl/α,β-unsaturated/α-hetero) is 1. The molecule has 9 heavy (non-hydrogen) atoms. The Morgan fingerprint density at radius 2 is 1.89 bits per heavy atom. The van der Waals surface area contributed by atoms with Crippen LogP contribution in [0.5, 0.6) is 0 Å². The zero-order valence-electron chi connectivity index (χ0n) is 5.60. The minimum atomic E-state index is 0. The zero-order valence-corrected chi connectivity index (χ0v) is 8.44. The second kappa shape index (κ2) is 4.57. The smallest absolute Gasteiger partial charge is 0.132 e. The molecule has 0 spiro atoms. The Labute approximate surface area is 83.0 Å². The van der Waals surface area contributed by atoms with Crippen molar-refractivity contribution in [2.45, 2.75) is 25.7 Å². The van der Waals surface area contributed by atoms with Crippen molar-refractivity contribution in [3.63, 3.8) is 0 Å². The molecule has 0 amide bonds. The van der Waals surface area contributed by atoms with Crippen molar-refractivity contribution in [3.05, 3.63) is 6.92 Å². The predicted octanol–water partition coefficient (Wildman–Crippen LogP) is 1.82. The van der Waals surface area contributed by atoms with E-state index in [1.54, 1.807) is 0 Å². The first-order valence-corrected chi connectivity index (χ1v) is 3.14. The number of hydrogen-bond acceptors (Lipinski definition) is 1. The summed E-state index contributed by atoms with van der Waals surface area (Å²) in [5.74, 6) is 0.970. The molecule has 0 heterocycles. The van der Waals surface area contributed by atoms with Gasteiger partial charge < -0.3 is 6.92 Å². The first-order chi connectivity index (χ1) is 3.79. The Bertz CT molecular complexity index is 95.8. The van der Waals surface area contributed by atoms with Gasteiger partial charge in [0, 0.05) is 47.0 Å². The maximum atomic E-state index is 10.6. The largest absolute Gasteiger partial charge is 0.340 e. The summed E-state index contributed by atoms with van der Waals surface area (Å²) in [7, 11) is 0. The topological polar surface area (TPSA) is 17.1 Å². The molecule has 1 fully saturated rings. The van der Waals surface area contributed by atoms with Crippen LogP contribution in [0.3, 0.4) is 0 Å². The van der Waals surface area contributed by atoms with Crippen molar-refractivity contribution in [2.24, 2.45) is 5.92 Å². The van der Waals surface area contributed by atoms with E-state index in [1.807, 2.05) is 0 Å². The van der Waals surface area contributed by atoms with Crippen LogP contribution < -0.4 is 0 Å². The molecule has 0 saturated heterocycles. The van der Waals surface area contributed by atoms with E-state index in [9.17, 15) is 4.79 Å². The maximum absolute atomic E-state index is 10.6. The van der Waals surface area contributed by atoms with Crippen molar-refractivity contribution in [3.8, 4) is 0 Å². The van der Waals surface area contributed by atoms with E-state index >= 15 is 0 Å². The van der Waals surface area contributed by atoms with Gasteiger partial charge in [-0.1, -0.05) is 12.8 Å². The van der Waals surface area contributed by atoms with E-state index in [4.69, 9.17) is 0 Å². The van der Waals surface area contributed by atoms with Crippen LogP contribution in [0.25, 0.3) is 0 Å². The standard InChI is InChI=1S/C7H11O.Y.H2/c1-6-2-4-7(8)5-3-6;;/h6H,1-5H2;;1H/q-1;;. The third-order valence-corrected chi connectivity index (χ3v) is 1.66. The molecule has 51 valence electrons. The molecular formula is C7H13OY-. The summed E-state index contributed by atoms with van der Waals surface area (Å²) >= 11 is 0. The molecule has 0 unspecified atom stereocenters. The Balaban J connectivity index is 0. The average Bonchev–Trinajstić information content (AvgIpc) is 1.77. The quantitative estimate of drug-likeness (QED) is 0.547. The molecule has 0 aromatic heterocycles. The van der Waals surface area contributed by atoms with Crippen molar-refractivity contribution in [1.82, 2.24) is 0 Å². The van der Waals surface area contributed by atoms with Crippen molar-refractivity contribution in [2.75, 3.05) is 0 Å². The van der Waals surface area contributed by atoms with Crippen molar-refractivity contribution < 1.29 is 38.9 Å². The van der Waals surface area contributed by atoms with Crippen LogP contribution in [-0.2, 0) is 37.5 Å². The van der Waals surface area contributed by atoms with Crippen LogP contribution in [-0.4, -0.2) is 5.78 Å². The second-order valence-corrected chi connectivity index (χ2v) is 2.48. The number of ketones is 1. The van der Waals surface area contributed by atoms with Gasteiger partial charge in [0.2, 0.25) is 0 Å². The molecule has 1 radical (unpaired) electrons. The number of hydrogen-bond donors (Lipinski definition) is 0. The molecule has 0 bridgehead atoms. The minimum Gasteiger partial charge on any atom is -0.340 e. The second-order valence-electron chi connectivity index (χ2n) is 2.48. The van der Waals surface area contributed by atoms with Gasteiger partial charge in [0.1, 0.15) is 5.78 Å². The van der Waals surface area contributed by atoms with Gasteiger partial charge in [-0.2, -0.15) is 5.92 Å². The van der Waals surface area contributed by atoms with E-state index < -0.39 is 0 Å². The van der Waals surface area contributed by atoms with E-state index in [-0.39, 0.29) is 34.1 Å². The van der Waals surface area contributed by atoms with Gasteiger partial charge in [-0.25, -0.2) is 0 Å². The Morgan fingerprint density at radius 3 is 2.22 bits per heavy atom. The van der Waals surface area contributed by atoms with Crippen molar-refractivity contribution in [1.29, 1.82) is 0 Å². The van der Waals surface area contributed by atoms with Gasteiger partial charge >= 0.3 is 0 Å². The molecule has 0 aromatic carbocycles. The Kier molecular flexibility index (Phi) is 4.96. The predicted molar refractivity (Wildman–Crippen MR) is 34.4 cm³/mol. The number of rotatable bonds is 0. The van der Waals surface area contributed by atoms with Gasteiger partial charge in [-0.3, -0.25) is 4.79 Å². The van der Waals surface area contributed by atoms with Gasteiger partial charge in [0.15, 0.2) is 0 Å². The van der Waals surface area contributed by atoms with Gasteiger partial charge in [-0.15, -0.1) is 0 Å². The van der Waals surface area contributed by atoms with Crippen LogP contribution in [0.4, 0.5) is 0 Å². The Hall–Kier alpha value is 0.774. The molecular weight excluding hydrogens is 189 g/mol. The average molecular weight is 202 g/mol. The van der Waals surface area contributed by atoms with E-state index in [0.29, 0.717) is 11.7 Å². The first kappa shape index (κ1) is 9.77. The molecule has 1 aliphatic rings. The SMILES string of the molecule is [CH2-]C1CCC(=O)CC1.[HH].[Y]. The molecule has 1 aliphatic carbocycles. The summed E-state index contributed by atoms with van der Waals surface area (Å²) in [4.78, 5) is 10.6. The maximum Gasteiger partial charge on any atom is 0.132 e. The minimum absolute atomic E-state index is 0. The van der Waals surface area contributed by atoms with Gasteiger partial charge in [0.05, 0.1) is 0 Å². The van der Waals surface area contributed by atoms with Crippen LogP contribution >= 0.6 is 0 Å². The third-order valence-electron chi connectivity index (χ3n) is 1.66. The van der Waals surface area contributed by atoms with Crippen LogP contribution in [0.1, 0.15) is 27.1 Å². The van der Waals surface area contributed by atoms with Gasteiger partial charge in [-0.05, 0) is 0 Å². The third kappa shape index (κ3) is 3.47. The zero-order chi connectivity index (χ0) is 5.98. The first-order valence-electron chi connectivity index (χ1n) is 3.14. The fourth-order valence-corrected chi connectivity index (χ4v) is 1.000. The summed E-state index contributed by atoms with van der Waals surface area (Å²) in [6.07, 6.45) is 3.57. The van der Waals surface area contributed by atoms with E-state index in [0.717, 1.165) is 25.7 Å². The van der Waals surface area contributed by atoms with Gasteiger partial charge in [0.25, 0.3) is 0 Å². The van der Waals surface area contributed by atoms with Crippen LogP contribution in [0.2, 0.25) is 0 Å². The summed E-state index contributed by atoms with van der Waals surface area (Å²) in [6.45, 7) is 3.88. The fourth-order valence-electron chi connectivity index (χ4n) is 1.000. The molecule has 1 saturated carbocycles. The molecule has 0 N–H and O–H groups in total. The number of carbonyl (C=O) groups is 1. The fraction of sp³-hybridized carbons (Fsp3) is 0.714. The monoisotopic (exact) mass is 202 g/mol. The Morgan fingerprint density at radius 1 is 1.44 bits per heavy atom. The summed E-state index contributed by atoms with van der Waals surface area (Å²) in [6, 6.07) is 0. The van der Waals surface area contributed by atoms with Crippen LogP contribution in [0.15, 0.2) is 0 Å². The van der Waals surface area contributed by atoms with Crippen molar-refractivity contribution >= 4 is 5.78 Å². The number of carbonyl (C=O) groups excluding carboxylic acids is 1. The molecule has 2 heteroatoms. The molecule has 0 aromatic rings. The summed E-state index contributed by atoms with van der Waals surface area (Å²) < 4.78 is 0. The van der Waals surface area contributed by atoms with E-state index in [1.165, 1.54) is 0 Å². The van der Waals surface area contributed by atoms with E-state index in [2.05, 4.69) is 6.92 Å². The molecule has 1 nitrogen and oxygen atoms in total. The van der Waals surface area contributed by atoms with Crippen LogP contribution in [0, 0.1) is 12.8 Å². The molecule has 0 atom stereocenters. The molecule has 1 rings (SSSR count). The normalized spacial score (nSPS) is 21.2.